The molecule has 30 heavy (non-hydrogen) atoms. The molecule has 12 heteroatoms. The molecule has 1 fully saturated rings. The van der Waals surface area contributed by atoms with Crippen LogP contribution in [0.15, 0.2) is 35.4 Å². The number of nitrogens with one attached hydrogen (secondary N) is 1. The first-order chi connectivity index (χ1) is 14.2. The van der Waals surface area contributed by atoms with Gasteiger partial charge in [0.2, 0.25) is 0 Å². The van der Waals surface area contributed by atoms with E-state index in [0.717, 1.165) is 12.3 Å². The summed E-state index contributed by atoms with van der Waals surface area (Å²) in [6.07, 6.45) is 2.84. The Labute approximate surface area is 171 Å². The number of carbonyl (C=O) groups is 1. The molecule has 0 atom stereocenters. The fraction of sp³-hybridized carbons (Fsp3) is 0.333. The van der Waals surface area contributed by atoms with Crippen LogP contribution in [-0.4, -0.2) is 63.8 Å². The molecule has 0 radical (unpaired) electrons. The van der Waals surface area contributed by atoms with E-state index < -0.39 is 21.7 Å². The van der Waals surface area contributed by atoms with E-state index in [1.54, 1.807) is 16.9 Å². The number of piperidine rings is 1. The van der Waals surface area contributed by atoms with Gasteiger partial charge in [0.1, 0.15) is 5.82 Å². The topological polar surface area (TPSA) is 130 Å². The van der Waals surface area contributed by atoms with Crippen molar-refractivity contribution in [3.05, 3.63) is 36.3 Å². The summed E-state index contributed by atoms with van der Waals surface area (Å²) in [6, 6.07) is 5.33. The molecule has 158 valence electrons. The summed E-state index contributed by atoms with van der Waals surface area (Å²) in [6.45, 7) is 0.824. The predicted molar refractivity (Wildman–Crippen MR) is 106 cm³/mol. The third-order valence-electron chi connectivity index (χ3n) is 5.09. The van der Waals surface area contributed by atoms with Gasteiger partial charge in [-0.05, 0) is 37.1 Å². The number of carboxylic acid groups (broad SMARTS) is 1. The molecular formula is C18H19FN6O4S. The van der Waals surface area contributed by atoms with E-state index in [0.29, 0.717) is 37.0 Å². The summed E-state index contributed by atoms with van der Waals surface area (Å²) in [5.74, 6) is -0.446. The number of fused-ring (bicyclic) bond motifs is 1. The zero-order valence-electron chi connectivity index (χ0n) is 16.0. The summed E-state index contributed by atoms with van der Waals surface area (Å²) >= 11 is 0. The molecule has 2 N–H and O–H groups in total. The fourth-order valence-corrected chi connectivity index (χ4v) is 4.12. The normalized spacial score (nSPS) is 15.5. The van der Waals surface area contributed by atoms with Crippen molar-refractivity contribution in [2.75, 3.05) is 24.7 Å². The minimum Gasteiger partial charge on any atom is -0.465 e. The highest BCUT2D eigenvalue weighted by atomic mass is 32.2. The molecule has 1 saturated heterocycles. The maximum atomic E-state index is 14.4. The van der Waals surface area contributed by atoms with Gasteiger partial charge in [-0.2, -0.15) is 0 Å². The van der Waals surface area contributed by atoms with Crippen molar-refractivity contribution < 1.29 is 22.7 Å². The molecule has 1 amide bonds. The maximum Gasteiger partial charge on any atom is 0.407 e. The van der Waals surface area contributed by atoms with Gasteiger partial charge in [-0.3, -0.25) is 0 Å². The van der Waals surface area contributed by atoms with Crippen molar-refractivity contribution in [1.82, 2.24) is 24.9 Å². The van der Waals surface area contributed by atoms with E-state index in [9.17, 15) is 17.6 Å². The molecule has 10 nitrogen and oxygen atoms in total. The highest BCUT2D eigenvalue weighted by molar-refractivity contribution is 7.90. The second-order valence-corrected chi connectivity index (χ2v) is 9.12. The van der Waals surface area contributed by atoms with Crippen molar-refractivity contribution in [3.63, 3.8) is 0 Å². The lowest BCUT2D eigenvalue weighted by Gasteiger charge is -2.30. The average molecular weight is 434 g/mol. The van der Waals surface area contributed by atoms with E-state index in [1.807, 2.05) is 0 Å². The van der Waals surface area contributed by atoms with Gasteiger partial charge in [0.15, 0.2) is 21.2 Å². The maximum absolute atomic E-state index is 14.4. The zero-order chi connectivity index (χ0) is 21.5. The number of nitrogens with zero attached hydrogens (tertiary/aromatic N) is 5. The summed E-state index contributed by atoms with van der Waals surface area (Å²) in [5.41, 5.74) is 1.19. The fourth-order valence-electron chi connectivity index (χ4n) is 3.49. The largest absolute Gasteiger partial charge is 0.465 e. The van der Waals surface area contributed by atoms with E-state index in [4.69, 9.17) is 5.11 Å². The quantitative estimate of drug-likeness (QED) is 0.640. The third-order valence-corrected chi connectivity index (χ3v) is 6.20. The molecule has 3 heterocycles. The van der Waals surface area contributed by atoms with E-state index >= 15 is 0 Å². The highest BCUT2D eigenvalue weighted by Gasteiger charge is 2.26. The molecule has 0 unspecified atom stereocenters. The van der Waals surface area contributed by atoms with Crippen LogP contribution in [0.25, 0.3) is 11.0 Å². The number of pyridine rings is 1. The van der Waals surface area contributed by atoms with Crippen LogP contribution in [0.4, 0.5) is 20.7 Å². The van der Waals surface area contributed by atoms with E-state index in [-0.39, 0.29) is 22.4 Å². The van der Waals surface area contributed by atoms with Gasteiger partial charge in [-0.15, -0.1) is 5.10 Å². The van der Waals surface area contributed by atoms with Gasteiger partial charge < -0.3 is 15.3 Å². The molecule has 0 spiro atoms. The predicted octanol–water partition coefficient (Wildman–Crippen LogP) is 2.43. The molecular weight excluding hydrogens is 415 g/mol. The van der Waals surface area contributed by atoms with Crippen LogP contribution < -0.4 is 5.32 Å². The monoisotopic (exact) mass is 434 g/mol. The Morgan fingerprint density at radius 2 is 2.00 bits per heavy atom. The number of likely N-dealkylation sites (tertiary alicyclic amines) is 1. The molecule has 2 aromatic heterocycles. The van der Waals surface area contributed by atoms with Crippen LogP contribution in [0.5, 0.6) is 0 Å². The number of amides is 1. The second-order valence-electron chi connectivity index (χ2n) is 7.10. The van der Waals surface area contributed by atoms with E-state index in [2.05, 4.69) is 20.6 Å². The number of anilines is 2. The van der Waals surface area contributed by atoms with Gasteiger partial charge in [0.05, 0.1) is 22.1 Å². The Bertz CT molecular complexity index is 1220. The summed E-state index contributed by atoms with van der Waals surface area (Å²) in [5, 5.41) is 20.3. The van der Waals surface area contributed by atoms with E-state index in [1.165, 1.54) is 17.0 Å². The number of rotatable bonds is 4. The van der Waals surface area contributed by atoms with Gasteiger partial charge in [-0.1, -0.05) is 5.21 Å². The molecule has 3 aromatic rings. The molecule has 1 aromatic carbocycles. The van der Waals surface area contributed by atoms with Gasteiger partial charge in [-0.25, -0.2) is 27.3 Å². The van der Waals surface area contributed by atoms with Crippen LogP contribution in [0, 0.1) is 5.82 Å². The van der Waals surface area contributed by atoms with Gasteiger partial charge in [0, 0.05) is 25.5 Å². The lowest BCUT2D eigenvalue weighted by Crippen LogP contribution is -2.38. The van der Waals surface area contributed by atoms with Gasteiger partial charge >= 0.3 is 6.09 Å². The SMILES string of the molecule is CS(=O)(=O)c1ccc(Nc2nccc3c2nnn3C2CCN(C(=O)O)CC2)c(F)c1. The summed E-state index contributed by atoms with van der Waals surface area (Å²) in [7, 11) is -3.52. The summed E-state index contributed by atoms with van der Waals surface area (Å²) in [4.78, 5) is 16.6. The second kappa shape index (κ2) is 7.52. The lowest BCUT2D eigenvalue weighted by molar-refractivity contribution is 0.124. The molecule has 4 rings (SSSR count). The van der Waals surface area contributed by atoms with Crippen molar-refractivity contribution in [1.29, 1.82) is 0 Å². The molecule has 0 bridgehead atoms. The lowest BCUT2D eigenvalue weighted by atomic mass is 10.1. The first-order valence-corrected chi connectivity index (χ1v) is 11.1. The first-order valence-electron chi connectivity index (χ1n) is 9.18. The van der Waals surface area contributed by atoms with Crippen molar-refractivity contribution in [2.45, 2.75) is 23.8 Å². The van der Waals surface area contributed by atoms with Gasteiger partial charge in [0.25, 0.3) is 0 Å². The van der Waals surface area contributed by atoms with Crippen LogP contribution >= 0.6 is 0 Å². The third kappa shape index (κ3) is 3.77. The van der Waals surface area contributed by atoms with Crippen LogP contribution in [0.1, 0.15) is 18.9 Å². The number of halogens is 1. The Balaban J connectivity index is 1.61. The Morgan fingerprint density at radius 3 is 2.63 bits per heavy atom. The molecule has 1 aliphatic heterocycles. The Morgan fingerprint density at radius 1 is 1.27 bits per heavy atom. The van der Waals surface area contributed by atoms with Crippen LogP contribution in [0.3, 0.4) is 0 Å². The van der Waals surface area contributed by atoms with Crippen LogP contribution in [0.2, 0.25) is 0 Å². The molecule has 1 aliphatic rings. The minimum atomic E-state index is -3.52. The molecule has 0 saturated carbocycles. The zero-order valence-corrected chi connectivity index (χ0v) is 16.8. The number of hydrogen-bond acceptors (Lipinski definition) is 7. The number of sulfone groups is 1. The number of hydrogen-bond donors (Lipinski definition) is 2. The highest BCUT2D eigenvalue weighted by Crippen LogP contribution is 2.29. The number of aromatic nitrogens is 4. The Hall–Kier alpha value is -3.28. The standard InChI is InChI=1S/C18H19FN6O4S/c1-30(28,29)12-2-3-14(13(19)10-12)21-17-16-15(4-7-20-17)25(23-22-16)11-5-8-24(9-6-11)18(26)27/h2-4,7,10-11H,5-6,8-9H2,1H3,(H,20,21)(H,26,27). The minimum absolute atomic E-state index is 0.00775. The van der Waals surface area contributed by atoms with Crippen LogP contribution in [-0.2, 0) is 9.84 Å². The molecule has 0 aliphatic carbocycles. The first kappa shape index (κ1) is 20.0. The smallest absolute Gasteiger partial charge is 0.407 e. The number of benzene rings is 1. The summed E-state index contributed by atoms with van der Waals surface area (Å²) < 4.78 is 39.3. The van der Waals surface area contributed by atoms with Crippen molar-refractivity contribution in [3.8, 4) is 0 Å². The van der Waals surface area contributed by atoms with Crippen molar-refractivity contribution >= 4 is 38.5 Å². The average Bonchev–Trinajstić information content (AvgIpc) is 3.14. The van der Waals surface area contributed by atoms with Crippen molar-refractivity contribution in [2.24, 2.45) is 0 Å². The Kier molecular flexibility index (Phi) is 5.02.